The summed E-state index contributed by atoms with van der Waals surface area (Å²) in [6.45, 7) is 6.61. The number of rotatable bonds is 5. The maximum atomic E-state index is 13.9. The molecule has 0 spiro atoms. The molecule has 1 N–H and O–H groups in total. The number of pyridine rings is 1. The molecule has 0 aliphatic carbocycles. The third kappa shape index (κ3) is 3.86. The van der Waals surface area contributed by atoms with Crippen molar-refractivity contribution in [3.63, 3.8) is 0 Å². The van der Waals surface area contributed by atoms with E-state index in [0.717, 1.165) is 31.6 Å². The molecule has 1 aromatic heterocycles. The summed E-state index contributed by atoms with van der Waals surface area (Å²) < 4.78 is 26.8. The lowest BCUT2D eigenvalue weighted by Crippen LogP contribution is -2.40. The van der Waals surface area contributed by atoms with Crippen molar-refractivity contribution in [3.8, 4) is 0 Å². The average Bonchev–Trinajstić information content (AvgIpc) is 2.80. The van der Waals surface area contributed by atoms with Gasteiger partial charge in [-0.05, 0) is 25.3 Å². The molecule has 19 heavy (non-hydrogen) atoms. The van der Waals surface area contributed by atoms with Gasteiger partial charge in [0.15, 0.2) is 11.6 Å². The summed E-state index contributed by atoms with van der Waals surface area (Å²) in [5.74, 6) is -0.570. The molecule has 1 fully saturated rings. The summed E-state index contributed by atoms with van der Waals surface area (Å²) in [6.07, 6.45) is 3.32. The molecular weight excluding hydrogens is 248 g/mol. The van der Waals surface area contributed by atoms with Gasteiger partial charge < -0.3 is 10.2 Å². The fraction of sp³-hybridized carbons (Fsp3) is 0.643. The Morgan fingerprint density at radius 1 is 1.47 bits per heavy atom. The van der Waals surface area contributed by atoms with Crippen LogP contribution in [-0.2, 0) is 0 Å². The lowest BCUT2D eigenvalue weighted by Gasteiger charge is -2.28. The van der Waals surface area contributed by atoms with E-state index in [1.165, 1.54) is 0 Å². The fourth-order valence-electron chi connectivity index (χ4n) is 2.51. The zero-order valence-electron chi connectivity index (χ0n) is 11.5. The average molecular weight is 269 g/mol. The van der Waals surface area contributed by atoms with Gasteiger partial charge in [0.1, 0.15) is 5.82 Å². The second-order valence-corrected chi connectivity index (χ2v) is 5.55. The normalized spacial score (nSPS) is 19.1. The molecule has 1 aliphatic heterocycles. The van der Waals surface area contributed by atoms with Gasteiger partial charge in [0.2, 0.25) is 0 Å². The van der Waals surface area contributed by atoms with E-state index >= 15 is 0 Å². The molecule has 1 saturated heterocycles. The number of hydrogen-bond acceptors (Lipinski definition) is 3. The Labute approximate surface area is 113 Å². The van der Waals surface area contributed by atoms with Crippen molar-refractivity contribution >= 4 is 5.82 Å². The second kappa shape index (κ2) is 6.28. The van der Waals surface area contributed by atoms with Crippen LogP contribution >= 0.6 is 0 Å². The molecular formula is C14H21F2N3. The van der Waals surface area contributed by atoms with Crippen molar-refractivity contribution < 1.29 is 8.78 Å². The zero-order valence-corrected chi connectivity index (χ0v) is 11.5. The van der Waals surface area contributed by atoms with Crippen LogP contribution in [0.1, 0.15) is 26.7 Å². The summed E-state index contributed by atoms with van der Waals surface area (Å²) in [6, 6.07) is 1.27. The molecule has 1 atom stereocenters. The molecule has 0 radical (unpaired) electrons. The molecule has 2 rings (SSSR count). The first-order valence-electron chi connectivity index (χ1n) is 6.85. The number of aromatic nitrogens is 1. The van der Waals surface area contributed by atoms with Gasteiger partial charge in [-0.3, -0.25) is 0 Å². The highest BCUT2D eigenvalue weighted by molar-refractivity contribution is 5.40. The molecule has 0 saturated carbocycles. The summed E-state index contributed by atoms with van der Waals surface area (Å²) in [5, 5.41) is 3.39. The topological polar surface area (TPSA) is 28.2 Å². The Hall–Kier alpha value is -1.23. The monoisotopic (exact) mass is 269 g/mol. The van der Waals surface area contributed by atoms with Crippen LogP contribution in [0.3, 0.4) is 0 Å². The second-order valence-electron chi connectivity index (χ2n) is 5.55. The van der Waals surface area contributed by atoms with E-state index < -0.39 is 11.6 Å². The van der Waals surface area contributed by atoms with Gasteiger partial charge in [0.25, 0.3) is 0 Å². The Morgan fingerprint density at radius 3 is 2.84 bits per heavy atom. The minimum absolute atomic E-state index is 0.254. The molecule has 5 heteroatoms. The van der Waals surface area contributed by atoms with E-state index in [2.05, 4.69) is 24.1 Å². The van der Waals surface area contributed by atoms with Crippen LogP contribution in [0, 0.1) is 17.6 Å². The largest absolute Gasteiger partial charge is 0.352 e. The van der Waals surface area contributed by atoms with Crippen LogP contribution in [-0.4, -0.2) is 30.7 Å². The molecule has 3 nitrogen and oxygen atoms in total. The zero-order chi connectivity index (χ0) is 13.8. The summed E-state index contributed by atoms with van der Waals surface area (Å²) in [5.41, 5.74) is 0. The van der Waals surface area contributed by atoms with Crippen LogP contribution in [0.5, 0.6) is 0 Å². The van der Waals surface area contributed by atoms with Crippen molar-refractivity contribution in [1.82, 2.24) is 10.3 Å². The van der Waals surface area contributed by atoms with Crippen molar-refractivity contribution in [2.24, 2.45) is 5.92 Å². The summed E-state index contributed by atoms with van der Waals surface area (Å²) >= 11 is 0. The van der Waals surface area contributed by atoms with Crippen LogP contribution in [0.25, 0.3) is 0 Å². The predicted octanol–water partition coefficient (Wildman–Crippen LogP) is 2.57. The first-order chi connectivity index (χ1) is 9.06. The van der Waals surface area contributed by atoms with E-state index in [4.69, 9.17) is 0 Å². The third-order valence-corrected chi connectivity index (χ3v) is 3.28. The summed E-state index contributed by atoms with van der Waals surface area (Å²) in [7, 11) is 0. The van der Waals surface area contributed by atoms with Crippen LogP contribution in [0.2, 0.25) is 0 Å². The van der Waals surface area contributed by atoms with Crippen molar-refractivity contribution in [2.75, 3.05) is 24.5 Å². The smallest absolute Gasteiger partial charge is 0.168 e. The molecule has 0 aromatic carbocycles. The maximum absolute atomic E-state index is 13.9. The van der Waals surface area contributed by atoms with Crippen molar-refractivity contribution in [3.05, 3.63) is 23.9 Å². The van der Waals surface area contributed by atoms with Crippen LogP contribution < -0.4 is 10.2 Å². The van der Waals surface area contributed by atoms with Gasteiger partial charge in [-0.25, -0.2) is 13.8 Å². The maximum Gasteiger partial charge on any atom is 0.168 e. The van der Waals surface area contributed by atoms with Gasteiger partial charge in [-0.15, -0.1) is 0 Å². The number of nitrogens with zero attached hydrogens (tertiary/aromatic N) is 2. The SMILES string of the molecule is CC(C)CN(CC1CCCN1)c1ncc(F)cc1F. The number of hydrogen-bond donors (Lipinski definition) is 1. The molecule has 1 aliphatic rings. The number of anilines is 1. The standard InChI is InChI=1S/C14H21F2N3/c1-10(2)8-19(9-12-4-3-5-17-12)14-13(16)6-11(15)7-18-14/h6-7,10,12,17H,3-5,8-9H2,1-2H3. The molecule has 2 heterocycles. The minimum Gasteiger partial charge on any atom is -0.352 e. The van der Waals surface area contributed by atoms with Crippen LogP contribution in [0.15, 0.2) is 12.3 Å². The highest BCUT2D eigenvalue weighted by atomic mass is 19.1. The van der Waals surface area contributed by atoms with Gasteiger partial charge in [0, 0.05) is 25.2 Å². The van der Waals surface area contributed by atoms with E-state index in [1.807, 2.05) is 4.90 Å². The Kier molecular flexibility index (Phi) is 4.69. The molecule has 106 valence electrons. The number of nitrogens with one attached hydrogen (secondary N) is 1. The third-order valence-electron chi connectivity index (χ3n) is 3.28. The Morgan fingerprint density at radius 2 is 2.26 bits per heavy atom. The first kappa shape index (κ1) is 14.2. The van der Waals surface area contributed by atoms with Crippen molar-refractivity contribution in [2.45, 2.75) is 32.7 Å². The Balaban J connectivity index is 2.15. The van der Waals surface area contributed by atoms with Gasteiger partial charge >= 0.3 is 0 Å². The quantitative estimate of drug-likeness (QED) is 0.890. The Bertz CT molecular complexity index is 417. The van der Waals surface area contributed by atoms with E-state index in [9.17, 15) is 8.78 Å². The predicted molar refractivity (Wildman–Crippen MR) is 72.2 cm³/mol. The highest BCUT2D eigenvalue weighted by Crippen LogP contribution is 2.20. The molecule has 1 unspecified atom stereocenters. The van der Waals surface area contributed by atoms with Crippen LogP contribution in [0.4, 0.5) is 14.6 Å². The van der Waals surface area contributed by atoms with Gasteiger partial charge in [-0.1, -0.05) is 13.8 Å². The number of halogens is 2. The van der Waals surface area contributed by atoms with Gasteiger partial charge in [-0.2, -0.15) is 0 Å². The first-order valence-corrected chi connectivity index (χ1v) is 6.85. The highest BCUT2D eigenvalue weighted by Gasteiger charge is 2.21. The van der Waals surface area contributed by atoms with Crippen molar-refractivity contribution in [1.29, 1.82) is 0 Å². The van der Waals surface area contributed by atoms with Gasteiger partial charge in [0.05, 0.1) is 6.20 Å². The molecule has 0 bridgehead atoms. The van der Waals surface area contributed by atoms with E-state index in [0.29, 0.717) is 25.0 Å². The molecule has 0 amide bonds. The fourth-order valence-corrected chi connectivity index (χ4v) is 2.51. The molecule has 1 aromatic rings. The lowest BCUT2D eigenvalue weighted by molar-refractivity contribution is 0.517. The minimum atomic E-state index is -0.635. The van der Waals surface area contributed by atoms with E-state index in [-0.39, 0.29) is 5.82 Å². The van der Waals surface area contributed by atoms with E-state index in [1.54, 1.807) is 0 Å². The summed E-state index contributed by atoms with van der Waals surface area (Å²) in [4.78, 5) is 5.84. The lowest BCUT2D eigenvalue weighted by atomic mass is 10.1.